The molecule has 0 fully saturated rings. The van der Waals surface area contributed by atoms with Gasteiger partial charge in [-0.1, -0.05) is 35.9 Å². The lowest BCUT2D eigenvalue weighted by atomic mass is 9.88. The van der Waals surface area contributed by atoms with Gasteiger partial charge in [-0.15, -0.1) is 0 Å². The minimum Gasteiger partial charge on any atom is -0.352 e. The SMILES string of the molecule is Cc1ccc(Nc2c(-c3ccc4c(c3)CCCC4)c(=O)c2=O)cc1Cl. The fraction of sp³-hybridized carbons (Fsp3) is 0.238. The van der Waals surface area contributed by atoms with Gasteiger partial charge in [0.1, 0.15) is 5.69 Å². The topological polar surface area (TPSA) is 46.2 Å². The summed E-state index contributed by atoms with van der Waals surface area (Å²) in [5.41, 5.74) is 5.10. The molecule has 4 heteroatoms. The van der Waals surface area contributed by atoms with E-state index in [-0.39, 0.29) is 0 Å². The van der Waals surface area contributed by atoms with Gasteiger partial charge in [-0.05, 0) is 67.0 Å². The minimum absolute atomic E-state index is 0.362. The molecule has 126 valence electrons. The first-order valence-electron chi connectivity index (χ1n) is 8.53. The van der Waals surface area contributed by atoms with Crippen molar-refractivity contribution in [3.63, 3.8) is 0 Å². The molecule has 3 nitrogen and oxygen atoms in total. The molecule has 0 aliphatic heterocycles. The van der Waals surface area contributed by atoms with Gasteiger partial charge in [0, 0.05) is 10.7 Å². The molecular formula is C21H18ClNO2. The van der Waals surface area contributed by atoms with E-state index < -0.39 is 10.9 Å². The molecule has 0 unspecified atom stereocenters. The summed E-state index contributed by atoms with van der Waals surface area (Å²) in [5.74, 6) is 0. The van der Waals surface area contributed by atoms with Crippen LogP contribution < -0.4 is 16.2 Å². The highest BCUT2D eigenvalue weighted by Crippen LogP contribution is 2.31. The molecule has 1 aliphatic rings. The quantitative estimate of drug-likeness (QED) is 0.705. The van der Waals surface area contributed by atoms with E-state index in [4.69, 9.17) is 11.6 Å². The Labute approximate surface area is 151 Å². The summed E-state index contributed by atoms with van der Waals surface area (Å²) < 4.78 is 0. The van der Waals surface area contributed by atoms with Crippen LogP contribution in [0.2, 0.25) is 5.02 Å². The van der Waals surface area contributed by atoms with Gasteiger partial charge >= 0.3 is 0 Å². The third-order valence-corrected chi connectivity index (χ3v) is 5.40. The standard InChI is InChI=1S/C21H18ClNO2/c1-12-6-9-16(11-17(12)22)23-19-18(20(24)21(19)25)15-8-7-13-4-2-3-5-14(13)10-15/h6-11,23H,2-5H2,1H3. The number of fused-ring (bicyclic) bond motifs is 1. The van der Waals surface area contributed by atoms with Crippen molar-refractivity contribution in [1.29, 1.82) is 0 Å². The third kappa shape index (κ3) is 2.79. The molecule has 3 aromatic rings. The van der Waals surface area contributed by atoms with Crippen LogP contribution in [0.3, 0.4) is 0 Å². The Hall–Kier alpha value is -2.39. The predicted octanol–water partition coefficient (Wildman–Crippen LogP) is 4.53. The number of hydrogen-bond acceptors (Lipinski definition) is 3. The predicted molar refractivity (Wildman–Crippen MR) is 103 cm³/mol. The van der Waals surface area contributed by atoms with Crippen molar-refractivity contribution in [2.75, 3.05) is 5.32 Å². The van der Waals surface area contributed by atoms with Gasteiger partial charge in [-0.2, -0.15) is 0 Å². The van der Waals surface area contributed by atoms with Crippen molar-refractivity contribution in [2.24, 2.45) is 0 Å². The van der Waals surface area contributed by atoms with Crippen LogP contribution in [0.25, 0.3) is 11.1 Å². The summed E-state index contributed by atoms with van der Waals surface area (Å²) in [4.78, 5) is 24.3. The van der Waals surface area contributed by atoms with Crippen molar-refractivity contribution in [2.45, 2.75) is 32.6 Å². The van der Waals surface area contributed by atoms with Crippen molar-refractivity contribution in [1.82, 2.24) is 0 Å². The molecule has 0 spiro atoms. The lowest BCUT2D eigenvalue weighted by molar-refractivity contribution is 0.686. The van der Waals surface area contributed by atoms with E-state index >= 15 is 0 Å². The van der Waals surface area contributed by atoms with Gasteiger partial charge in [0.25, 0.3) is 5.43 Å². The van der Waals surface area contributed by atoms with Gasteiger partial charge < -0.3 is 5.32 Å². The molecule has 0 atom stereocenters. The van der Waals surface area contributed by atoms with E-state index in [1.54, 1.807) is 6.07 Å². The van der Waals surface area contributed by atoms with Gasteiger partial charge in [0.15, 0.2) is 0 Å². The Morgan fingerprint density at radius 1 is 0.920 bits per heavy atom. The Balaban J connectivity index is 1.72. The monoisotopic (exact) mass is 351 g/mol. The van der Waals surface area contributed by atoms with E-state index in [0.29, 0.717) is 22.0 Å². The first-order chi connectivity index (χ1) is 12.0. The number of hydrogen-bond donors (Lipinski definition) is 1. The van der Waals surface area contributed by atoms with Crippen LogP contribution in [-0.2, 0) is 12.8 Å². The first kappa shape index (κ1) is 16.1. The third-order valence-electron chi connectivity index (χ3n) is 4.99. The van der Waals surface area contributed by atoms with Gasteiger partial charge in [0.05, 0.1) is 5.56 Å². The fourth-order valence-electron chi connectivity index (χ4n) is 3.49. The summed E-state index contributed by atoms with van der Waals surface area (Å²) in [6.45, 7) is 1.92. The van der Waals surface area contributed by atoms with Crippen LogP contribution in [0.15, 0.2) is 46.0 Å². The van der Waals surface area contributed by atoms with Crippen LogP contribution >= 0.6 is 11.6 Å². The highest BCUT2D eigenvalue weighted by molar-refractivity contribution is 6.31. The first-order valence-corrected chi connectivity index (χ1v) is 8.91. The maximum Gasteiger partial charge on any atom is 0.250 e. The molecule has 0 aromatic heterocycles. The van der Waals surface area contributed by atoms with E-state index in [0.717, 1.165) is 24.0 Å². The van der Waals surface area contributed by atoms with Crippen LogP contribution in [0, 0.1) is 6.92 Å². The van der Waals surface area contributed by atoms with Crippen molar-refractivity contribution in [3.05, 3.63) is 78.6 Å². The van der Waals surface area contributed by atoms with Crippen LogP contribution in [0.1, 0.15) is 29.5 Å². The number of anilines is 2. The second-order valence-corrected chi connectivity index (χ2v) is 7.10. The van der Waals surface area contributed by atoms with Crippen LogP contribution in [0.5, 0.6) is 0 Å². The molecular weight excluding hydrogens is 334 g/mol. The highest BCUT2D eigenvalue weighted by Gasteiger charge is 2.23. The van der Waals surface area contributed by atoms with E-state index in [1.807, 2.05) is 25.1 Å². The van der Waals surface area contributed by atoms with Gasteiger partial charge in [-0.3, -0.25) is 9.59 Å². The smallest absolute Gasteiger partial charge is 0.250 e. The minimum atomic E-state index is -0.468. The average molecular weight is 352 g/mol. The van der Waals surface area contributed by atoms with Crippen LogP contribution in [0.4, 0.5) is 11.4 Å². The Kier molecular flexibility index (Phi) is 3.97. The Bertz CT molecular complexity index is 1040. The maximum atomic E-state index is 12.2. The zero-order valence-electron chi connectivity index (χ0n) is 14.0. The number of nitrogens with one attached hydrogen (secondary N) is 1. The molecule has 1 aliphatic carbocycles. The highest BCUT2D eigenvalue weighted by atomic mass is 35.5. The largest absolute Gasteiger partial charge is 0.352 e. The molecule has 0 saturated carbocycles. The summed E-state index contributed by atoms with van der Waals surface area (Å²) in [6, 6.07) is 11.6. The number of benzene rings is 2. The van der Waals surface area contributed by atoms with Crippen LogP contribution in [-0.4, -0.2) is 0 Å². The van der Waals surface area contributed by atoms with E-state index in [9.17, 15) is 9.59 Å². The molecule has 0 bridgehead atoms. The normalized spacial score (nSPS) is 13.7. The Morgan fingerprint density at radius 2 is 1.68 bits per heavy atom. The molecule has 0 heterocycles. The number of aryl methyl sites for hydroxylation is 3. The zero-order valence-corrected chi connectivity index (χ0v) is 14.7. The maximum absolute atomic E-state index is 12.2. The van der Waals surface area contributed by atoms with E-state index in [2.05, 4.69) is 17.4 Å². The number of halogens is 1. The molecule has 0 amide bonds. The molecule has 0 radical (unpaired) electrons. The second-order valence-electron chi connectivity index (χ2n) is 6.69. The van der Waals surface area contributed by atoms with Gasteiger partial charge in [0.2, 0.25) is 5.43 Å². The second kappa shape index (κ2) is 6.16. The summed E-state index contributed by atoms with van der Waals surface area (Å²) in [6.07, 6.45) is 4.52. The summed E-state index contributed by atoms with van der Waals surface area (Å²) >= 11 is 6.15. The molecule has 25 heavy (non-hydrogen) atoms. The Morgan fingerprint density at radius 3 is 2.44 bits per heavy atom. The zero-order chi connectivity index (χ0) is 17.6. The molecule has 0 saturated heterocycles. The lowest BCUT2D eigenvalue weighted by Crippen LogP contribution is -2.35. The van der Waals surface area contributed by atoms with Gasteiger partial charge in [-0.25, -0.2) is 0 Å². The van der Waals surface area contributed by atoms with E-state index in [1.165, 1.54) is 24.0 Å². The molecule has 4 rings (SSSR count). The lowest BCUT2D eigenvalue weighted by Gasteiger charge is -2.18. The fourth-order valence-corrected chi connectivity index (χ4v) is 3.67. The summed E-state index contributed by atoms with van der Waals surface area (Å²) in [5, 5.41) is 3.70. The number of rotatable bonds is 3. The average Bonchev–Trinajstić information content (AvgIpc) is 2.63. The van der Waals surface area contributed by atoms with Crippen molar-refractivity contribution >= 4 is 23.0 Å². The summed E-state index contributed by atoms with van der Waals surface area (Å²) in [7, 11) is 0. The van der Waals surface area contributed by atoms with Crippen molar-refractivity contribution in [3.8, 4) is 11.1 Å². The molecule has 3 aromatic carbocycles. The van der Waals surface area contributed by atoms with Crippen molar-refractivity contribution < 1.29 is 0 Å². The molecule has 1 N–H and O–H groups in total.